The highest BCUT2D eigenvalue weighted by Gasteiger charge is 2.36. The maximum absolute atomic E-state index is 13.1. The van der Waals surface area contributed by atoms with Crippen LogP contribution in [0.25, 0.3) is 0 Å². The van der Waals surface area contributed by atoms with Gasteiger partial charge in [-0.15, -0.1) is 0 Å². The summed E-state index contributed by atoms with van der Waals surface area (Å²) in [5.74, 6) is 2.87. The van der Waals surface area contributed by atoms with Gasteiger partial charge in [-0.2, -0.15) is 9.40 Å². The molecule has 2 aliphatic heterocycles. The van der Waals surface area contributed by atoms with Crippen LogP contribution in [0.15, 0.2) is 23.1 Å². The number of hydrogen-bond donors (Lipinski definition) is 1. The van der Waals surface area contributed by atoms with Crippen molar-refractivity contribution in [1.29, 1.82) is 0 Å². The largest absolute Gasteiger partial charge is 0.342 e. The van der Waals surface area contributed by atoms with E-state index in [1.165, 1.54) is 17.1 Å². The number of aromatic amines is 1. The molecule has 8 nitrogen and oxygen atoms in total. The lowest BCUT2D eigenvalue weighted by Crippen LogP contribution is -2.46. The van der Waals surface area contributed by atoms with Crippen LogP contribution in [-0.4, -0.2) is 64.9 Å². The molecule has 1 N–H and O–H groups in total. The molecule has 3 heterocycles. The number of hydrogen-bond acceptors (Lipinski definition) is 5. The number of likely N-dealkylation sites (tertiary alicyclic amines) is 1. The first-order chi connectivity index (χ1) is 15.8. The van der Waals surface area contributed by atoms with Crippen molar-refractivity contribution in [2.24, 2.45) is 5.92 Å². The molecule has 1 saturated carbocycles. The van der Waals surface area contributed by atoms with Gasteiger partial charge in [-0.1, -0.05) is 6.07 Å². The molecule has 1 amide bonds. The molecule has 0 radical (unpaired) electrons. The first-order valence-electron chi connectivity index (χ1n) is 12.1. The van der Waals surface area contributed by atoms with Gasteiger partial charge in [-0.3, -0.25) is 9.89 Å². The predicted molar refractivity (Wildman–Crippen MR) is 124 cm³/mol. The molecule has 2 aromatic rings. The summed E-state index contributed by atoms with van der Waals surface area (Å²) in [6.07, 6.45) is 5.32. The van der Waals surface area contributed by atoms with Crippen molar-refractivity contribution in [1.82, 2.24) is 24.4 Å². The van der Waals surface area contributed by atoms with Crippen molar-refractivity contribution in [2.75, 3.05) is 26.2 Å². The van der Waals surface area contributed by atoms with E-state index in [1.807, 2.05) is 24.8 Å². The second-order valence-corrected chi connectivity index (χ2v) is 11.8. The highest BCUT2D eigenvalue weighted by atomic mass is 32.2. The van der Waals surface area contributed by atoms with Gasteiger partial charge in [0.15, 0.2) is 5.82 Å². The average Bonchev–Trinajstić information content (AvgIpc) is 3.57. The van der Waals surface area contributed by atoms with E-state index in [9.17, 15) is 13.2 Å². The van der Waals surface area contributed by atoms with Crippen LogP contribution in [0.2, 0.25) is 0 Å². The molecule has 5 rings (SSSR count). The van der Waals surface area contributed by atoms with Crippen LogP contribution >= 0.6 is 0 Å². The summed E-state index contributed by atoms with van der Waals surface area (Å²) in [5.41, 5.74) is 2.05. The molecule has 1 aromatic heterocycles. The van der Waals surface area contributed by atoms with Crippen molar-refractivity contribution in [3.05, 3.63) is 41.0 Å². The van der Waals surface area contributed by atoms with Gasteiger partial charge in [0, 0.05) is 43.9 Å². The maximum atomic E-state index is 13.1. The van der Waals surface area contributed by atoms with Gasteiger partial charge in [0.05, 0.1) is 4.90 Å². The van der Waals surface area contributed by atoms with Crippen LogP contribution in [0, 0.1) is 19.8 Å². The molecule has 0 spiro atoms. The third-order valence-corrected chi connectivity index (χ3v) is 9.47. The number of amides is 1. The van der Waals surface area contributed by atoms with E-state index >= 15 is 0 Å². The minimum atomic E-state index is -3.52. The van der Waals surface area contributed by atoms with Gasteiger partial charge in [0.2, 0.25) is 15.9 Å². The summed E-state index contributed by atoms with van der Waals surface area (Å²) in [5, 5.41) is 7.48. The Morgan fingerprint density at radius 3 is 2.27 bits per heavy atom. The normalized spacial score (nSPS) is 21.5. The molecule has 3 aliphatic rings. The highest BCUT2D eigenvalue weighted by Crippen LogP contribution is 2.38. The van der Waals surface area contributed by atoms with Crippen LogP contribution < -0.4 is 0 Å². The van der Waals surface area contributed by atoms with Crippen molar-refractivity contribution in [2.45, 2.75) is 69.1 Å². The molecule has 0 atom stereocenters. The second-order valence-electron chi connectivity index (χ2n) is 9.88. The van der Waals surface area contributed by atoms with E-state index in [0.717, 1.165) is 48.7 Å². The van der Waals surface area contributed by atoms with Gasteiger partial charge in [0.25, 0.3) is 0 Å². The Hall–Kier alpha value is -2.26. The molecule has 9 heteroatoms. The van der Waals surface area contributed by atoms with Crippen LogP contribution in [-0.2, 0) is 14.8 Å². The third-order valence-electron chi connectivity index (χ3n) is 7.58. The van der Waals surface area contributed by atoms with E-state index in [0.29, 0.717) is 42.7 Å². The number of H-pyrrole nitrogens is 1. The summed E-state index contributed by atoms with van der Waals surface area (Å²) in [6, 6.07) is 5.28. The fraction of sp³-hybridized carbons (Fsp3) is 0.625. The quantitative estimate of drug-likeness (QED) is 0.722. The van der Waals surface area contributed by atoms with Crippen LogP contribution in [0.3, 0.4) is 0 Å². The van der Waals surface area contributed by atoms with E-state index in [-0.39, 0.29) is 11.8 Å². The number of nitrogens with zero attached hydrogens (tertiary/aromatic N) is 4. The Kier molecular flexibility index (Phi) is 6.03. The maximum Gasteiger partial charge on any atom is 0.243 e. The summed E-state index contributed by atoms with van der Waals surface area (Å²) in [4.78, 5) is 20.1. The zero-order valence-corrected chi connectivity index (χ0v) is 20.3. The van der Waals surface area contributed by atoms with Crippen molar-refractivity contribution in [3.63, 3.8) is 0 Å². The summed E-state index contributed by atoms with van der Waals surface area (Å²) < 4.78 is 27.7. The number of rotatable bonds is 5. The van der Waals surface area contributed by atoms with Crippen molar-refractivity contribution >= 4 is 15.9 Å². The van der Waals surface area contributed by atoms with Gasteiger partial charge < -0.3 is 4.90 Å². The molecular weight excluding hydrogens is 438 g/mol. The van der Waals surface area contributed by atoms with Crippen molar-refractivity contribution in [3.8, 4) is 0 Å². The van der Waals surface area contributed by atoms with Crippen LogP contribution in [0.1, 0.15) is 73.1 Å². The molecule has 2 saturated heterocycles. The molecule has 1 aliphatic carbocycles. The van der Waals surface area contributed by atoms with Gasteiger partial charge in [0.1, 0.15) is 5.82 Å². The summed E-state index contributed by atoms with van der Waals surface area (Å²) in [6.45, 7) is 6.14. The zero-order valence-electron chi connectivity index (χ0n) is 19.5. The fourth-order valence-electron chi connectivity index (χ4n) is 4.99. The Balaban J connectivity index is 1.14. The number of piperidine rings is 2. The summed E-state index contributed by atoms with van der Waals surface area (Å²) >= 11 is 0. The molecule has 33 heavy (non-hydrogen) atoms. The average molecular weight is 472 g/mol. The molecule has 0 bridgehead atoms. The lowest BCUT2D eigenvalue weighted by molar-refractivity contribution is -0.137. The second kappa shape index (κ2) is 8.83. The Labute approximate surface area is 195 Å². The fourth-order valence-corrected chi connectivity index (χ4v) is 6.55. The number of aromatic nitrogens is 3. The monoisotopic (exact) mass is 471 g/mol. The Morgan fingerprint density at radius 1 is 0.939 bits per heavy atom. The minimum absolute atomic E-state index is 0.0977. The minimum Gasteiger partial charge on any atom is -0.342 e. The van der Waals surface area contributed by atoms with Gasteiger partial charge >= 0.3 is 0 Å². The first-order valence-corrected chi connectivity index (χ1v) is 13.6. The number of carbonyl (C=O) groups excluding carboxylic acids is 1. The Bertz CT molecular complexity index is 1120. The molecule has 3 fully saturated rings. The standard InChI is InChI=1S/C24H33N5O3S/c1-16-3-6-21(15-17(16)2)33(31,32)29-13-9-20(10-14-29)24(30)28-11-7-19(8-12-28)23-25-22(26-27-23)18-4-5-18/h3,6,15,18-20H,4-5,7-14H2,1-2H3,(H,25,26,27). The first kappa shape index (κ1) is 22.5. The van der Waals surface area contributed by atoms with E-state index in [1.54, 1.807) is 12.1 Å². The van der Waals surface area contributed by atoms with Crippen LogP contribution in [0.4, 0.5) is 0 Å². The smallest absolute Gasteiger partial charge is 0.243 e. The number of benzene rings is 1. The molecule has 1 aromatic carbocycles. The van der Waals surface area contributed by atoms with Gasteiger partial charge in [-0.25, -0.2) is 13.4 Å². The lowest BCUT2D eigenvalue weighted by atomic mass is 9.92. The number of nitrogens with one attached hydrogen (secondary N) is 1. The zero-order chi connectivity index (χ0) is 23.2. The molecule has 0 unspecified atom stereocenters. The van der Waals surface area contributed by atoms with E-state index in [2.05, 4.69) is 15.2 Å². The van der Waals surface area contributed by atoms with E-state index in [4.69, 9.17) is 0 Å². The molecular formula is C24H33N5O3S. The predicted octanol–water partition coefficient (Wildman–Crippen LogP) is 3.11. The van der Waals surface area contributed by atoms with Crippen LogP contribution in [0.5, 0.6) is 0 Å². The van der Waals surface area contributed by atoms with Crippen molar-refractivity contribution < 1.29 is 13.2 Å². The number of aryl methyl sites for hydroxylation is 2. The number of carbonyl (C=O) groups is 1. The number of sulfonamides is 1. The third kappa shape index (κ3) is 4.57. The van der Waals surface area contributed by atoms with Gasteiger partial charge in [-0.05, 0) is 75.6 Å². The molecule has 178 valence electrons. The highest BCUT2D eigenvalue weighted by molar-refractivity contribution is 7.89. The Morgan fingerprint density at radius 2 is 1.64 bits per heavy atom. The topological polar surface area (TPSA) is 99.3 Å². The van der Waals surface area contributed by atoms with E-state index < -0.39 is 10.0 Å². The summed E-state index contributed by atoms with van der Waals surface area (Å²) in [7, 11) is -3.52. The lowest BCUT2D eigenvalue weighted by Gasteiger charge is -2.36. The SMILES string of the molecule is Cc1ccc(S(=O)(=O)N2CCC(C(=O)N3CCC(c4nc(C5CC5)n[nH]4)CC3)CC2)cc1C.